The van der Waals surface area contributed by atoms with Gasteiger partial charge in [-0.25, -0.2) is 4.79 Å². The summed E-state index contributed by atoms with van der Waals surface area (Å²) in [6, 6.07) is 21.7. The molecule has 5 nitrogen and oxygen atoms in total. The first-order chi connectivity index (χ1) is 14.5. The van der Waals surface area contributed by atoms with Crippen LogP contribution < -0.4 is 10.6 Å². The lowest BCUT2D eigenvalue weighted by Gasteiger charge is -2.21. The van der Waals surface area contributed by atoms with E-state index >= 15 is 0 Å². The molecule has 0 fully saturated rings. The topological polar surface area (TPSA) is 72.0 Å². The number of carbonyl (C=O) groups is 2. The molecule has 1 amide bonds. The predicted octanol–water partition coefficient (Wildman–Crippen LogP) is 4.18. The van der Waals surface area contributed by atoms with E-state index in [0.29, 0.717) is 16.3 Å². The highest BCUT2D eigenvalue weighted by atomic mass is 79.9. The molecule has 3 rings (SSSR count). The van der Waals surface area contributed by atoms with Crippen molar-refractivity contribution in [3.63, 3.8) is 0 Å². The van der Waals surface area contributed by atoms with Gasteiger partial charge >= 0.3 is 5.97 Å². The molecule has 30 heavy (non-hydrogen) atoms. The van der Waals surface area contributed by atoms with Gasteiger partial charge in [-0.15, -0.1) is 0 Å². The predicted molar refractivity (Wildman–Crippen MR) is 121 cm³/mol. The maximum atomic E-state index is 12.8. The third-order valence-corrected chi connectivity index (χ3v) is 5.46. The van der Waals surface area contributed by atoms with E-state index in [4.69, 9.17) is 16.3 Å². The highest BCUT2D eigenvalue weighted by Crippen LogP contribution is 2.32. The number of ether oxygens (including phenoxy) is 1. The lowest BCUT2D eigenvalue weighted by atomic mass is 9.96. The van der Waals surface area contributed by atoms with Crippen molar-refractivity contribution in [1.29, 1.82) is 0 Å². The quantitative estimate of drug-likeness (QED) is 0.490. The number of rotatable bonds is 7. The van der Waals surface area contributed by atoms with Gasteiger partial charge in [-0.2, -0.15) is 0 Å². The van der Waals surface area contributed by atoms with Crippen LogP contribution in [0.15, 0.2) is 77.3 Å². The zero-order valence-electron chi connectivity index (χ0n) is 16.3. The highest BCUT2D eigenvalue weighted by Gasteiger charge is 2.25. The van der Waals surface area contributed by atoms with Crippen LogP contribution in [0.4, 0.5) is 5.69 Å². The van der Waals surface area contributed by atoms with Gasteiger partial charge in [-0.05, 0) is 36.4 Å². The number of hydrogen-bond acceptors (Lipinski definition) is 3. The fourth-order valence-electron chi connectivity index (χ4n) is 3.13. The number of carbonyl (C=O) groups excluding carboxylic acids is 2. The van der Waals surface area contributed by atoms with Gasteiger partial charge in [0.2, 0.25) is 0 Å². The molecule has 0 aliphatic carbocycles. The molecule has 0 aromatic heterocycles. The lowest BCUT2D eigenvalue weighted by molar-refractivity contribution is -0.677. The Hall–Kier alpha value is -2.67. The van der Waals surface area contributed by atoms with Gasteiger partial charge < -0.3 is 15.4 Å². The number of amides is 1. The van der Waals surface area contributed by atoms with E-state index in [2.05, 4.69) is 21.2 Å². The molecule has 0 heterocycles. The second kappa shape index (κ2) is 10.4. The van der Waals surface area contributed by atoms with Gasteiger partial charge in [0.05, 0.1) is 17.8 Å². The molecule has 0 aliphatic rings. The number of benzene rings is 3. The molecule has 0 saturated carbocycles. The average Bonchev–Trinajstić information content (AvgIpc) is 2.77. The fraction of sp³-hybridized carbons (Fsp3) is 0.130. The molecule has 0 aliphatic heterocycles. The average molecular weight is 489 g/mol. The lowest BCUT2D eigenvalue weighted by Crippen LogP contribution is -2.87. The minimum Gasteiger partial charge on any atom is -0.465 e. The molecule has 0 unspecified atom stereocenters. The molecule has 154 valence electrons. The van der Waals surface area contributed by atoms with Crippen molar-refractivity contribution >= 4 is 45.1 Å². The summed E-state index contributed by atoms with van der Waals surface area (Å²) in [5.41, 5.74) is 2.83. The SMILES string of the molecule is COC(=O)C[NH2+][C@H](c1ccccc1Cl)c1cc(Br)ccc1NC(=O)c1ccccc1. The Morgan fingerprint density at radius 1 is 1.03 bits per heavy atom. The monoisotopic (exact) mass is 487 g/mol. The Morgan fingerprint density at radius 3 is 2.43 bits per heavy atom. The summed E-state index contributed by atoms with van der Waals surface area (Å²) in [5.74, 6) is -0.568. The van der Waals surface area contributed by atoms with Crippen LogP contribution in [-0.2, 0) is 9.53 Å². The van der Waals surface area contributed by atoms with Crippen molar-refractivity contribution < 1.29 is 19.6 Å². The van der Waals surface area contributed by atoms with E-state index in [1.807, 2.05) is 59.9 Å². The molecule has 7 heteroatoms. The second-order valence-corrected chi connectivity index (χ2v) is 7.89. The Bertz CT molecular complexity index is 1040. The van der Waals surface area contributed by atoms with Crippen LogP contribution in [0.1, 0.15) is 27.5 Å². The third-order valence-electron chi connectivity index (χ3n) is 4.62. The number of nitrogens with one attached hydrogen (secondary N) is 1. The zero-order valence-corrected chi connectivity index (χ0v) is 18.6. The molecular weight excluding hydrogens is 468 g/mol. The Balaban J connectivity index is 2.01. The van der Waals surface area contributed by atoms with E-state index in [9.17, 15) is 9.59 Å². The first-order valence-electron chi connectivity index (χ1n) is 9.30. The van der Waals surface area contributed by atoms with Gasteiger partial charge in [-0.3, -0.25) is 4.79 Å². The second-order valence-electron chi connectivity index (χ2n) is 6.57. The summed E-state index contributed by atoms with van der Waals surface area (Å²) in [6.45, 7) is 0.102. The first-order valence-corrected chi connectivity index (χ1v) is 10.5. The number of esters is 1. The number of quaternary nitrogens is 1. The molecular formula is C23H21BrClN2O3+. The molecule has 0 radical (unpaired) electrons. The number of halogens is 2. The van der Waals surface area contributed by atoms with Crippen molar-refractivity contribution in [3.8, 4) is 0 Å². The van der Waals surface area contributed by atoms with Crippen molar-refractivity contribution in [2.45, 2.75) is 6.04 Å². The summed E-state index contributed by atoms with van der Waals surface area (Å²) < 4.78 is 5.64. The Kier molecular flexibility index (Phi) is 7.63. The van der Waals surface area contributed by atoms with Crippen molar-refractivity contribution in [1.82, 2.24) is 0 Å². The number of hydrogen-bond donors (Lipinski definition) is 2. The Labute approximate surface area is 188 Å². The smallest absolute Gasteiger partial charge is 0.361 e. The summed E-state index contributed by atoms with van der Waals surface area (Å²) in [7, 11) is 1.35. The molecule has 3 aromatic rings. The van der Waals surface area contributed by atoms with E-state index in [1.54, 1.807) is 18.2 Å². The van der Waals surface area contributed by atoms with Crippen LogP contribution >= 0.6 is 27.5 Å². The number of anilines is 1. The summed E-state index contributed by atoms with van der Waals surface area (Å²) >= 11 is 9.99. The number of nitrogens with two attached hydrogens (primary N) is 1. The molecule has 0 bridgehead atoms. The van der Waals surface area contributed by atoms with Crippen molar-refractivity contribution in [2.24, 2.45) is 0 Å². The first kappa shape index (κ1) is 22.0. The van der Waals surface area contributed by atoms with E-state index < -0.39 is 0 Å². The van der Waals surface area contributed by atoms with Gasteiger partial charge in [0.25, 0.3) is 5.91 Å². The molecule has 0 saturated heterocycles. The highest BCUT2D eigenvalue weighted by molar-refractivity contribution is 9.10. The standard InChI is InChI=1S/C23H20BrClN2O3/c1-30-21(28)14-26-22(17-9-5-6-10-19(17)25)18-13-16(24)11-12-20(18)27-23(29)15-7-3-2-4-8-15/h2-13,22,26H,14H2,1H3,(H,27,29)/p+1/t22-/m1/s1. The summed E-state index contributed by atoms with van der Waals surface area (Å²) in [6.07, 6.45) is 0. The van der Waals surface area contributed by atoms with Crippen LogP contribution in [0.2, 0.25) is 5.02 Å². The van der Waals surface area contributed by atoms with E-state index in [1.165, 1.54) is 7.11 Å². The summed E-state index contributed by atoms with van der Waals surface area (Å²) in [5, 5.41) is 5.40. The fourth-order valence-corrected chi connectivity index (χ4v) is 3.77. The van der Waals surface area contributed by atoms with E-state index in [-0.39, 0.29) is 24.5 Å². The molecule has 3 N–H and O–H groups in total. The van der Waals surface area contributed by atoms with Crippen LogP contribution in [0.5, 0.6) is 0 Å². The van der Waals surface area contributed by atoms with Gasteiger partial charge in [0.15, 0.2) is 6.54 Å². The molecule has 1 atom stereocenters. The van der Waals surface area contributed by atoms with Gasteiger partial charge in [0, 0.05) is 21.2 Å². The number of methoxy groups -OCH3 is 1. The normalized spacial score (nSPS) is 11.6. The third kappa shape index (κ3) is 5.48. The maximum Gasteiger partial charge on any atom is 0.361 e. The maximum absolute atomic E-state index is 12.8. The summed E-state index contributed by atoms with van der Waals surface area (Å²) in [4.78, 5) is 24.6. The van der Waals surface area contributed by atoms with Crippen LogP contribution in [0.3, 0.4) is 0 Å². The van der Waals surface area contributed by atoms with Crippen LogP contribution in [-0.4, -0.2) is 25.5 Å². The van der Waals surface area contributed by atoms with Gasteiger partial charge in [0.1, 0.15) is 6.04 Å². The largest absolute Gasteiger partial charge is 0.465 e. The van der Waals surface area contributed by atoms with Crippen LogP contribution in [0, 0.1) is 0 Å². The minimum atomic E-state index is -0.350. The Morgan fingerprint density at radius 2 is 1.73 bits per heavy atom. The van der Waals surface area contributed by atoms with Gasteiger partial charge in [-0.1, -0.05) is 63.9 Å². The molecule has 3 aromatic carbocycles. The van der Waals surface area contributed by atoms with Crippen molar-refractivity contribution in [2.75, 3.05) is 19.0 Å². The minimum absolute atomic E-state index is 0.102. The van der Waals surface area contributed by atoms with E-state index in [0.717, 1.165) is 15.6 Å². The zero-order chi connectivity index (χ0) is 21.5. The molecule has 0 spiro atoms. The van der Waals surface area contributed by atoms with Crippen molar-refractivity contribution in [3.05, 3.63) is 99.0 Å². The van der Waals surface area contributed by atoms with Crippen LogP contribution in [0.25, 0.3) is 0 Å².